The molecular formula is C16H33IN4O2S. The molecule has 0 saturated carbocycles. The van der Waals surface area contributed by atoms with Gasteiger partial charge in [0.15, 0.2) is 5.96 Å². The third kappa shape index (κ3) is 5.72. The van der Waals surface area contributed by atoms with Crippen molar-refractivity contribution in [3.05, 3.63) is 0 Å². The van der Waals surface area contributed by atoms with Gasteiger partial charge in [-0.2, -0.15) is 0 Å². The Kier molecular flexibility index (Phi) is 8.25. The third-order valence-corrected chi connectivity index (χ3v) is 6.53. The Morgan fingerprint density at radius 1 is 1.33 bits per heavy atom. The van der Waals surface area contributed by atoms with Crippen LogP contribution in [0.15, 0.2) is 4.99 Å². The fraction of sp³-hybridized carbons (Fsp3) is 0.938. The van der Waals surface area contributed by atoms with E-state index in [0.717, 1.165) is 32.0 Å². The van der Waals surface area contributed by atoms with Crippen molar-refractivity contribution in [2.75, 3.05) is 45.5 Å². The minimum absolute atomic E-state index is 0. The van der Waals surface area contributed by atoms with Gasteiger partial charge >= 0.3 is 0 Å². The molecule has 0 aromatic carbocycles. The number of nitrogens with zero attached hydrogens (tertiary/aromatic N) is 3. The van der Waals surface area contributed by atoms with Crippen LogP contribution in [0.5, 0.6) is 0 Å². The molecule has 0 aromatic heterocycles. The van der Waals surface area contributed by atoms with Gasteiger partial charge in [-0.15, -0.1) is 24.0 Å². The highest BCUT2D eigenvalue weighted by Crippen LogP contribution is 2.33. The second kappa shape index (κ2) is 9.02. The maximum absolute atomic E-state index is 11.6. The molecule has 0 radical (unpaired) electrons. The van der Waals surface area contributed by atoms with E-state index in [2.05, 4.69) is 31.0 Å². The van der Waals surface area contributed by atoms with Crippen LogP contribution in [0, 0.1) is 11.3 Å². The molecule has 0 aromatic rings. The van der Waals surface area contributed by atoms with Gasteiger partial charge in [0.25, 0.3) is 0 Å². The standard InChI is InChI=1S/C16H32N4O2S.HI/c1-5-16(3)8-10-19(13-16)15(17-6-2)18-11-14-7-9-20(12-14)23(4,21)22;/h14H,5-13H2,1-4H3,(H,17,18);1H. The summed E-state index contributed by atoms with van der Waals surface area (Å²) in [4.78, 5) is 7.16. The summed E-state index contributed by atoms with van der Waals surface area (Å²) >= 11 is 0. The zero-order valence-electron chi connectivity index (χ0n) is 15.4. The molecule has 2 unspecified atom stereocenters. The van der Waals surface area contributed by atoms with E-state index in [1.165, 1.54) is 19.1 Å². The highest BCUT2D eigenvalue weighted by Gasteiger charge is 2.34. The summed E-state index contributed by atoms with van der Waals surface area (Å²) in [5, 5.41) is 3.40. The Balaban J connectivity index is 0.00000288. The molecule has 0 amide bonds. The smallest absolute Gasteiger partial charge is 0.211 e. The number of likely N-dealkylation sites (tertiary alicyclic amines) is 1. The van der Waals surface area contributed by atoms with Crippen LogP contribution in [0.3, 0.4) is 0 Å². The third-order valence-electron chi connectivity index (χ3n) is 5.26. The van der Waals surface area contributed by atoms with Gasteiger partial charge < -0.3 is 10.2 Å². The average molecular weight is 472 g/mol. The molecule has 0 aliphatic carbocycles. The fourth-order valence-corrected chi connectivity index (χ4v) is 4.30. The summed E-state index contributed by atoms with van der Waals surface area (Å²) in [5.74, 6) is 1.32. The second-order valence-electron chi connectivity index (χ2n) is 7.31. The maximum Gasteiger partial charge on any atom is 0.211 e. The number of nitrogens with one attached hydrogen (secondary N) is 1. The van der Waals surface area contributed by atoms with Crippen molar-refractivity contribution in [1.29, 1.82) is 0 Å². The number of sulfonamides is 1. The van der Waals surface area contributed by atoms with Crippen molar-refractivity contribution in [3.63, 3.8) is 0 Å². The lowest BCUT2D eigenvalue weighted by atomic mass is 9.87. The molecule has 2 aliphatic rings. The van der Waals surface area contributed by atoms with Crippen LogP contribution in [0.4, 0.5) is 0 Å². The molecule has 8 heteroatoms. The van der Waals surface area contributed by atoms with E-state index in [4.69, 9.17) is 4.99 Å². The molecular weight excluding hydrogens is 439 g/mol. The zero-order valence-corrected chi connectivity index (χ0v) is 18.6. The minimum atomic E-state index is -3.06. The topological polar surface area (TPSA) is 65.0 Å². The molecule has 1 N–H and O–H groups in total. The van der Waals surface area contributed by atoms with Crippen LogP contribution >= 0.6 is 24.0 Å². The highest BCUT2D eigenvalue weighted by molar-refractivity contribution is 14.0. The van der Waals surface area contributed by atoms with Crippen LogP contribution in [0.1, 0.15) is 40.0 Å². The molecule has 2 heterocycles. The Morgan fingerprint density at radius 3 is 2.54 bits per heavy atom. The first kappa shape index (κ1) is 22.0. The molecule has 2 saturated heterocycles. The van der Waals surface area contributed by atoms with Gasteiger partial charge in [0.2, 0.25) is 10.0 Å². The number of halogens is 1. The molecule has 142 valence electrons. The molecule has 6 nitrogen and oxygen atoms in total. The zero-order chi connectivity index (χ0) is 17.1. The molecule has 2 atom stereocenters. The SMILES string of the molecule is CCNC(=NCC1CCN(S(C)(=O)=O)C1)N1CCC(C)(CC)C1.I. The lowest BCUT2D eigenvalue weighted by Gasteiger charge is -2.25. The van der Waals surface area contributed by atoms with Crippen molar-refractivity contribution in [2.24, 2.45) is 16.3 Å². The van der Waals surface area contributed by atoms with Crippen molar-refractivity contribution < 1.29 is 8.42 Å². The lowest BCUT2D eigenvalue weighted by molar-refractivity contribution is 0.321. The second-order valence-corrected chi connectivity index (χ2v) is 9.29. The monoisotopic (exact) mass is 472 g/mol. The van der Waals surface area contributed by atoms with Crippen molar-refractivity contribution in [3.8, 4) is 0 Å². The summed E-state index contributed by atoms with van der Waals surface area (Å²) in [7, 11) is -3.06. The first-order valence-electron chi connectivity index (χ1n) is 8.76. The first-order chi connectivity index (χ1) is 10.8. The van der Waals surface area contributed by atoms with E-state index >= 15 is 0 Å². The van der Waals surface area contributed by atoms with Crippen molar-refractivity contribution in [2.45, 2.75) is 40.0 Å². The molecule has 2 aliphatic heterocycles. The van der Waals surface area contributed by atoms with Crippen LogP contribution in [0.25, 0.3) is 0 Å². The molecule has 0 bridgehead atoms. The van der Waals surface area contributed by atoms with E-state index in [0.29, 0.717) is 31.0 Å². The number of hydrogen-bond acceptors (Lipinski definition) is 3. The van der Waals surface area contributed by atoms with E-state index in [-0.39, 0.29) is 24.0 Å². The lowest BCUT2D eigenvalue weighted by Crippen LogP contribution is -2.41. The summed E-state index contributed by atoms with van der Waals surface area (Å²) in [5.41, 5.74) is 0.386. The Labute approximate surface area is 164 Å². The molecule has 2 fully saturated rings. The number of aliphatic imine (C=N–C) groups is 1. The number of hydrogen-bond donors (Lipinski definition) is 1. The molecule has 2 rings (SSSR count). The van der Waals surface area contributed by atoms with Crippen molar-refractivity contribution >= 4 is 40.0 Å². The highest BCUT2D eigenvalue weighted by atomic mass is 127. The molecule has 24 heavy (non-hydrogen) atoms. The van der Waals surface area contributed by atoms with Crippen LogP contribution < -0.4 is 5.32 Å². The van der Waals surface area contributed by atoms with Gasteiger partial charge in [-0.1, -0.05) is 13.8 Å². The average Bonchev–Trinajstić information content (AvgIpc) is 3.10. The van der Waals surface area contributed by atoms with Crippen LogP contribution in [0.2, 0.25) is 0 Å². The van der Waals surface area contributed by atoms with Gasteiger partial charge in [-0.25, -0.2) is 12.7 Å². The van der Waals surface area contributed by atoms with Gasteiger partial charge in [0, 0.05) is 39.3 Å². The Morgan fingerprint density at radius 2 is 2.04 bits per heavy atom. The van der Waals surface area contributed by atoms with Gasteiger partial charge in [-0.05, 0) is 37.5 Å². The number of rotatable bonds is 5. The van der Waals surface area contributed by atoms with E-state index in [1.807, 2.05) is 0 Å². The normalized spacial score (nSPS) is 28.9. The predicted molar refractivity (Wildman–Crippen MR) is 111 cm³/mol. The largest absolute Gasteiger partial charge is 0.357 e. The van der Waals surface area contributed by atoms with E-state index in [9.17, 15) is 8.42 Å². The van der Waals surface area contributed by atoms with Gasteiger partial charge in [0.1, 0.15) is 0 Å². The Hall–Kier alpha value is -0.0900. The van der Waals surface area contributed by atoms with Gasteiger partial charge in [0.05, 0.1) is 6.26 Å². The minimum Gasteiger partial charge on any atom is -0.357 e. The summed E-state index contributed by atoms with van der Waals surface area (Å²) in [6.07, 6.45) is 4.59. The summed E-state index contributed by atoms with van der Waals surface area (Å²) in [6, 6.07) is 0. The van der Waals surface area contributed by atoms with Crippen molar-refractivity contribution in [1.82, 2.24) is 14.5 Å². The quantitative estimate of drug-likeness (QED) is 0.378. The van der Waals surface area contributed by atoms with Crippen LogP contribution in [-0.4, -0.2) is 69.1 Å². The first-order valence-corrected chi connectivity index (χ1v) is 10.6. The van der Waals surface area contributed by atoms with E-state index in [1.54, 1.807) is 4.31 Å². The number of guanidine groups is 1. The fourth-order valence-electron chi connectivity index (χ4n) is 3.38. The van der Waals surface area contributed by atoms with Crippen LogP contribution in [-0.2, 0) is 10.0 Å². The van der Waals surface area contributed by atoms with E-state index < -0.39 is 10.0 Å². The summed E-state index contributed by atoms with van der Waals surface area (Å²) < 4.78 is 24.8. The predicted octanol–water partition coefficient (Wildman–Crippen LogP) is 1.97. The maximum atomic E-state index is 11.6. The molecule has 0 spiro atoms. The summed E-state index contributed by atoms with van der Waals surface area (Å²) in [6.45, 7) is 11.6. The Bertz CT molecular complexity index is 540. The van der Waals surface area contributed by atoms with Gasteiger partial charge in [-0.3, -0.25) is 4.99 Å².